The van der Waals surface area contributed by atoms with Gasteiger partial charge in [-0.15, -0.1) is 6.58 Å². The highest BCUT2D eigenvalue weighted by Gasteiger charge is 2.33. The molecule has 6 aromatic rings. The van der Waals surface area contributed by atoms with Crippen molar-refractivity contribution in [1.29, 1.82) is 0 Å². The Morgan fingerprint density at radius 1 is 0.547 bits per heavy atom. The number of methoxy groups -OCH3 is 8. The van der Waals surface area contributed by atoms with E-state index in [1.807, 2.05) is 44.2 Å². The number of aliphatic hydroxyl groups is 1. The van der Waals surface area contributed by atoms with E-state index in [9.17, 15) is 77.0 Å². The predicted molar refractivity (Wildman–Crippen MR) is 481 cm³/mol. The van der Waals surface area contributed by atoms with Crippen LogP contribution in [0.2, 0.25) is 0 Å². The van der Waals surface area contributed by atoms with E-state index in [0.29, 0.717) is 40.3 Å². The maximum Gasteiger partial charge on any atom is 0.330 e. The number of aliphatic hydroxyl groups excluding tert-OH is 1. The Labute approximate surface area is 765 Å². The molecule has 3 unspecified atom stereocenters. The molecule has 8 amide bonds. The summed E-state index contributed by atoms with van der Waals surface area (Å²) in [6.07, 6.45) is 23.8. The van der Waals surface area contributed by atoms with Gasteiger partial charge in [-0.05, 0) is 113 Å². The number of hydrogen-bond acceptors (Lipinski definition) is 29. The SMILES string of the molecule is C=CCN1CC(C(=O)NC/C=C/C(=O)OC)CC1=O.CNC(C(=O)NC/C=C/C(=O)OC)n1cccn1.COC(=O)/C=C/CNC(=O)C(CO)c1ccccc1.COC(=O)/C=C/CNC(=O)Cn1nc(C)cc1C.COC(=O)/C=C/CNC(=O)c1cc(Br)ccc1N.COC(=O)/C=C/CNC(=O)c1ccccc1Br.COC(=O)/C=C/CNC(=O)c1nc(Br)ccc1OC. The molecule has 3 aromatic heterocycles. The first-order valence-corrected chi connectivity index (χ1v) is 40.5. The number of nitrogens with zero attached hydrogens (tertiary/aromatic N) is 6. The molecule has 128 heavy (non-hydrogen) atoms. The van der Waals surface area contributed by atoms with E-state index in [4.69, 9.17) is 10.5 Å². The first-order chi connectivity index (χ1) is 61.2. The summed E-state index contributed by atoms with van der Waals surface area (Å²) >= 11 is 9.73. The molecule has 1 aliphatic heterocycles. The van der Waals surface area contributed by atoms with Crippen molar-refractivity contribution in [3.63, 3.8) is 0 Å². The summed E-state index contributed by atoms with van der Waals surface area (Å²) in [5.41, 5.74) is 9.76. The molecule has 11 N–H and O–H groups in total. The minimum atomic E-state index is -0.604. The number of pyridine rings is 1. The summed E-state index contributed by atoms with van der Waals surface area (Å²) in [5, 5.41) is 38.7. The largest absolute Gasteiger partial charge is 0.494 e. The van der Waals surface area contributed by atoms with Crippen LogP contribution >= 0.6 is 47.8 Å². The molecule has 1 saturated heterocycles. The normalized spacial score (nSPS) is 12.1. The van der Waals surface area contributed by atoms with E-state index in [1.54, 1.807) is 102 Å². The van der Waals surface area contributed by atoms with Gasteiger partial charge in [0.15, 0.2) is 11.9 Å². The van der Waals surface area contributed by atoms with Crippen molar-refractivity contribution in [2.75, 3.05) is 135 Å². The Morgan fingerprint density at radius 2 is 1.00 bits per heavy atom. The number of nitrogen functional groups attached to an aromatic ring is 1. The average molecular weight is 1970 g/mol. The fraction of sp³-hybridized carbons (Fsp3) is 0.302. The highest BCUT2D eigenvalue weighted by atomic mass is 79.9. The molecule has 3 aromatic carbocycles. The maximum atomic E-state index is 11.9. The summed E-state index contributed by atoms with van der Waals surface area (Å²) in [6, 6.07) is 28.1. The third-order valence-corrected chi connectivity index (χ3v) is 17.5. The van der Waals surface area contributed by atoms with Crippen molar-refractivity contribution in [3.8, 4) is 5.75 Å². The minimum absolute atomic E-state index is 0.0369. The lowest BCUT2D eigenvalue weighted by Crippen LogP contribution is -2.39. The number of carbonyl (C=O) groups excluding carboxylic acids is 15. The number of anilines is 1. The molecule has 42 heteroatoms. The number of ether oxygens (including phenoxy) is 8. The lowest BCUT2D eigenvalue weighted by atomic mass is 9.99. The quantitative estimate of drug-likeness (QED) is 0.00619. The molecule has 4 heterocycles. The van der Waals surface area contributed by atoms with E-state index in [1.165, 1.54) is 147 Å². The van der Waals surface area contributed by atoms with Crippen molar-refractivity contribution in [2.24, 2.45) is 5.92 Å². The predicted octanol–water partition coefficient (Wildman–Crippen LogP) is 4.98. The third kappa shape index (κ3) is 47.9. The zero-order chi connectivity index (χ0) is 95.7. The third-order valence-electron chi connectivity index (χ3n) is 15.9. The van der Waals surface area contributed by atoms with E-state index < -0.39 is 59.8 Å². The van der Waals surface area contributed by atoms with Gasteiger partial charge in [0.05, 0.1) is 92.1 Å². The number of likely N-dealkylation sites (N-methyl/N-ethyl adjacent to an activating group) is 1. The molecule has 0 saturated carbocycles. The highest BCUT2D eigenvalue weighted by Crippen LogP contribution is 2.22. The first-order valence-electron chi connectivity index (χ1n) is 38.1. The Bertz CT molecular complexity index is 4820. The summed E-state index contributed by atoms with van der Waals surface area (Å²) in [7, 11) is 12.1. The van der Waals surface area contributed by atoms with Gasteiger partial charge in [-0.2, -0.15) is 10.2 Å². The average Bonchev–Trinajstić information content (AvgIpc) is 1.13. The van der Waals surface area contributed by atoms with E-state index in [0.717, 1.165) is 25.9 Å². The lowest BCUT2D eigenvalue weighted by molar-refractivity contribution is -0.135. The van der Waals surface area contributed by atoms with Crippen LogP contribution in [0.3, 0.4) is 0 Å². The number of amides is 8. The highest BCUT2D eigenvalue weighted by molar-refractivity contribution is 9.11. The van der Waals surface area contributed by atoms with Gasteiger partial charge in [0.2, 0.25) is 23.6 Å². The molecule has 0 radical (unpaired) electrons. The zero-order valence-electron chi connectivity index (χ0n) is 72.2. The van der Waals surface area contributed by atoms with Gasteiger partial charge in [0.1, 0.15) is 16.9 Å². The molecule has 0 spiro atoms. The number of esters is 7. The van der Waals surface area contributed by atoms with Gasteiger partial charge < -0.3 is 90.9 Å². The monoisotopic (exact) mass is 1970 g/mol. The van der Waals surface area contributed by atoms with Crippen LogP contribution in [0.5, 0.6) is 5.75 Å². The van der Waals surface area contributed by atoms with Gasteiger partial charge in [-0.3, -0.25) is 48.4 Å². The lowest BCUT2D eigenvalue weighted by Gasteiger charge is -2.15. The number of likely N-dealkylation sites (tertiary alicyclic amines) is 1. The fourth-order valence-electron chi connectivity index (χ4n) is 9.58. The van der Waals surface area contributed by atoms with Crippen LogP contribution in [-0.4, -0.2) is 253 Å². The number of benzene rings is 3. The standard InChI is InChI=1S/C14H17NO4.C13H18N2O4.C12H13BrN2O4.C12H13BrN2O3.C12H12BrNO3.C12H17N3O3.C11H16N4O3/c1-19-13(17)8-5-9-15-14(18)12(10-16)11-6-3-2-4-7-11;1-3-7-15-9-10(8-11(15)16)13(18)14-6-4-5-12(17)19-2;1-18-8-5-6-9(13)15-11(8)12(17)14-7-3-4-10(16)19-2;1-18-11(16)3-2-6-15-12(17)9-7-8(13)4-5-10(9)14;1-17-11(15)7-4-8-14-12(16)9-5-2-3-6-10(9)13;1-9-7-10(2)15(14-9)8-11(16)13-6-4-5-12(17)18-3;1-12-10(15-8-4-7-14-15)11(17)13-6-3-5-9(16)18-2/h2-8,12,16H,9-10H2,1H3,(H,15,18);3-5,10H,1,6-9H2,2H3,(H,14,18);3-6H,7H2,1-2H3,(H,14,17);2-5,7H,6,14H2,1H3,(H,15,17);2-7H,8H2,1H3,(H,14,16);4-5,7H,6,8H2,1-3H3,(H,13,16);3-5,7-8,10,12H,6H2,1-2H3,(H,13,17)/b8-5+;5-4+;4-3+;3-2+;7-4+;5-4+;5-3+. The molecule has 690 valence electrons. The number of halogens is 3. The Hall–Kier alpha value is -13.8. The molecule has 7 rings (SSSR count). The van der Waals surface area contributed by atoms with Crippen molar-refractivity contribution in [3.05, 3.63) is 254 Å². The van der Waals surface area contributed by atoms with Crippen LogP contribution in [-0.2, 0) is 97.2 Å². The number of hydrogen-bond donors (Lipinski definition) is 10. The fourth-order valence-corrected chi connectivity index (χ4v) is 10.7. The second-order valence-electron chi connectivity index (χ2n) is 24.9. The number of aromatic nitrogens is 5. The van der Waals surface area contributed by atoms with Crippen LogP contribution in [0.25, 0.3) is 0 Å². The summed E-state index contributed by atoms with van der Waals surface area (Å²) in [4.78, 5) is 175. The summed E-state index contributed by atoms with van der Waals surface area (Å²) in [5.74, 6) is -5.61. The number of nitrogens with one attached hydrogen (secondary N) is 8. The number of carbonyl (C=O) groups is 15. The molecule has 0 bridgehead atoms. The first kappa shape index (κ1) is 112. The van der Waals surface area contributed by atoms with E-state index in [-0.39, 0.29) is 118 Å². The van der Waals surface area contributed by atoms with Crippen LogP contribution in [0, 0.1) is 19.8 Å². The molecule has 1 fully saturated rings. The smallest absolute Gasteiger partial charge is 0.330 e. The number of aryl methyl sites for hydroxylation is 2. The van der Waals surface area contributed by atoms with Crippen molar-refractivity contribution < 1.29 is 115 Å². The van der Waals surface area contributed by atoms with Crippen molar-refractivity contribution in [1.82, 2.24) is 72.0 Å². The van der Waals surface area contributed by atoms with Crippen molar-refractivity contribution in [2.45, 2.75) is 38.9 Å². The summed E-state index contributed by atoms with van der Waals surface area (Å²) in [6.45, 7) is 9.77. The van der Waals surface area contributed by atoms with Gasteiger partial charge >= 0.3 is 41.8 Å². The zero-order valence-corrected chi connectivity index (χ0v) is 77.0. The molecule has 3 atom stereocenters. The van der Waals surface area contributed by atoms with Crippen LogP contribution < -0.4 is 53.0 Å². The number of rotatable bonds is 36. The van der Waals surface area contributed by atoms with E-state index in [2.05, 4.69) is 145 Å². The van der Waals surface area contributed by atoms with Gasteiger partial charge in [0.25, 0.3) is 23.6 Å². The van der Waals surface area contributed by atoms with Crippen LogP contribution in [0.15, 0.2) is 221 Å². The number of nitrogens with two attached hydrogens (primary N) is 1. The maximum absolute atomic E-state index is 11.9. The van der Waals surface area contributed by atoms with Gasteiger partial charge in [0, 0.05) is 141 Å². The van der Waals surface area contributed by atoms with Crippen molar-refractivity contribution >= 4 is 143 Å². The van der Waals surface area contributed by atoms with Crippen LogP contribution in [0.1, 0.15) is 66.7 Å². The Balaban J connectivity index is 0.000000747. The summed E-state index contributed by atoms with van der Waals surface area (Å²) < 4.78 is 41.1. The van der Waals surface area contributed by atoms with Crippen LogP contribution in [0.4, 0.5) is 5.69 Å². The topological polar surface area (TPSA) is 524 Å². The Morgan fingerprint density at radius 3 is 1.44 bits per heavy atom. The van der Waals surface area contributed by atoms with Gasteiger partial charge in [-0.25, -0.2) is 43.2 Å². The Kier molecular flexibility index (Phi) is 58.4. The second-order valence-corrected chi connectivity index (χ2v) is 27.5. The molecular formula is C86H106Br3N15O24. The molecular weight excluding hydrogens is 1870 g/mol. The second kappa shape index (κ2) is 66.6. The van der Waals surface area contributed by atoms with Gasteiger partial charge in [-0.1, -0.05) is 107 Å². The molecule has 39 nitrogen and oxygen atoms in total. The molecule has 0 aliphatic carbocycles. The minimum Gasteiger partial charge on any atom is -0.494 e. The molecule has 1 aliphatic rings. The van der Waals surface area contributed by atoms with E-state index >= 15 is 0 Å².